The number of fused-ring (bicyclic) bond motifs is 1. The van der Waals surface area contributed by atoms with Crippen LogP contribution >= 0.6 is 22.7 Å². The van der Waals surface area contributed by atoms with Crippen molar-refractivity contribution >= 4 is 38.8 Å². The summed E-state index contributed by atoms with van der Waals surface area (Å²) in [6.07, 6.45) is -1.55. The lowest BCUT2D eigenvalue weighted by atomic mass is 10.2. The van der Waals surface area contributed by atoms with Gasteiger partial charge in [0.25, 0.3) is 5.91 Å². The number of amides is 1. The number of halogens is 1. The molecule has 2 atom stereocenters. The Morgan fingerprint density at radius 3 is 2.72 bits per heavy atom. The fourth-order valence-corrected chi connectivity index (χ4v) is 4.48. The SMILES string of the molecule is O=C(N=c1sccn1Cc1ccccc1F)C(O)C(O)c1nc2ccccc2s1. The number of aliphatic hydroxyl groups excluding tert-OH is 2. The Morgan fingerprint density at radius 2 is 1.93 bits per heavy atom. The first-order chi connectivity index (χ1) is 14.0. The maximum Gasteiger partial charge on any atom is 0.280 e. The Balaban J connectivity index is 1.56. The number of rotatable bonds is 5. The molecule has 2 N–H and O–H groups in total. The van der Waals surface area contributed by atoms with E-state index in [4.69, 9.17) is 0 Å². The number of aromatic nitrogens is 2. The molecule has 0 aliphatic carbocycles. The Morgan fingerprint density at radius 1 is 1.17 bits per heavy atom. The van der Waals surface area contributed by atoms with Crippen molar-refractivity contribution in [3.63, 3.8) is 0 Å². The van der Waals surface area contributed by atoms with Gasteiger partial charge in [-0.1, -0.05) is 30.3 Å². The first kappa shape index (κ1) is 19.6. The third-order valence-corrected chi connectivity index (χ3v) is 6.18. The number of aliphatic hydroxyl groups is 2. The van der Waals surface area contributed by atoms with E-state index in [9.17, 15) is 19.4 Å². The minimum atomic E-state index is -1.75. The molecule has 4 aromatic rings. The predicted molar refractivity (Wildman–Crippen MR) is 109 cm³/mol. The Hall–Kier alpha value is -2.72. The number of para-hydroxylation sites is 1. The van der Waals surface area contributed by atoms with Gasteiger partial charge in [0.15, 0.2) is 10.9 Å². The van der Waals surface area contributed by atoms with Crippen molar-refractivity contribution in [1.82, 2.24) is 9.55 Å². The number of carbonyl (C=O) groups is 1. The summed E-state index contributed by atoms with van der Waals surface area (Å²) in [5, 5.41) is 22.6. The van der Waals surface area contributed by atoms with Crippen LogP contribution in [0.2, 0.25) is 0 Å². The molecule has 0 bridgehead atoms. The zero-order valence-corrected chi connectivity index (χ0v) is 16.6. The van der Waals surface area contributed by atoms with E-state index in [1.807, 2.05) is 18.2 Å². The second-order valence-corrected chi connectivity index (χ2v) is 8.20. The van der Waals surface area contributed by atoms with Gasteiger partial charge in [-0.3, -0.25) is 4.79 Å². The lowest BCUT2D eigenvalue weighted by Crippen LogP contribution is -2.29. The summed E-state index contributed by atoms with van der Waals surface area (Å²) in [5.41, 5.74) is 1.14. The van der Waals surface area contributed by atoms with Crippen LogP contribution in [-0.2, 0) is 11.3 Å². The van der Waals surface area contributed by atoms with Crippen LogP contribution < -0.4 is 4.80 Å². The first-order valence-corrected chi connectivity index (χ1v) is 10.4. The van der Waals surface area contributed by atoms with E-state index in [1.54, 1.807) is 40.4 Å². The fraction of sp³-hybridized carbons (Fsp3) is 0.150. The van der Waals surface area contributed by atoms with Crippen molar-refractivity contribution in [2.75, 3.05) is 0 Å². The van der Waals surface area contributed by atoms with Crippen LogP contribution in [0.5, 0.6) is 0 Å². The van der Waals surface area contributed by atoms with Gasteiger partial charge < -0.3 is 14.8 Å². The van der Waals surface area contributed by atoms with Gasteiger partial charge in [-0.15, -0.1) is 22.7 Å². The lowest BCUT2D eigenvalue weighted by molar-refractivity contribution is -0.132. The second-order valence-electron chi connectivity index (χ2n) is 6.26. The van der Waals surface area contributed by atoms with Crippen LogP contribution in [0.25, 0.3) is 10.2 Å². The molecule has 0 aliphatic heterocycles. The monoisotopic (exact) mass is 429 g/mol. The molecule has 0 saturated heterocycles. The molecule has 29 heavy (non-hydrogen) atoms. The smallest absolute Gasteiger partial charge is 0.280 e. The van der Waals surface area contributed by atoms with E-state index >= 15 is 0 Å². The van der Waals surface area contributed by atoms with Crippen molar-refractivity contribution in [1.29, 1.82) is 0 Å². The van der Waals surface area contributed by atoms with Crippen LogP contribution in [-0.4, -0.2) is 31.8 Å². The van der Waals surface area contributed by atoms with Gasteiger partial charge in [-0.2, -0.15) is 4.99 Å². The van der Waals surface area contributed by atoms with Crippen LogP contribution in [0, 0.1) is 5.82 Å². The van der Waals surface area contributed by atoms with Gasteiger partial charge >= 0.3 is 0 Å². The predicted octanol–water partition coefficient (Wildman–Crippen LogP) is 2.87. The zero-order valence-electron chi connectivity index (χ0n) is 15.0. The minimum Gasteiger partial charge on any atom is -0.383 e. The van der Waals surface area contributed by atoms with Gasteiger partial charge in [0, 0.05) is 17.1 Å². The van der Waals surface area contributed by atoms with E-state index in [1.165, 1.54) is 28.7 Å². The molecular formula is C20H16FN3O3S2. The molecule has 148 valence electrons. The normalized spacial score (nSPS) is 14.2. The molecule has 6 nitrogen and oxygen atoms in total. The van der Waals surface area contributed by atoms with Gasteiger partial charge in [-0.25, -0.2) is 9.37 Å². The molecule has 0 spiro atoms. The number of carbonyl (C=O) groups excluding carboxylic acids is 1. The standard InChI is InChI=1S/C20H16FN3O3S2/c21-13-6-2-1-5-12(13)11-24-9-10-28-20(24)23-18(27)16(25)17(26)19-22-14-7-3-4-8-15(14)29-19/h1-10,16-17,25-26H,11H2. The molecule has 1 amide bonds. The quantitative estimate of drug-likeness (QED) is 0.511. The highest BCUT2D eigenvalue weighted by Gasteiger charge is 2.28. The molecule has 2 aromatic carbocycles. The molecule has 2 heterocycles. The average Bonchev–Trinajstić information content (AvgIpc) is 3.35. The van der Waals surface area contributed by atoms with Gasteiger partial charge in [0.05, 0.1) is 16.8 Å². The van der Waals surface area contributed by atoms with E-state index in [-0.39, 0.29) is 17.4 Å². The molecule has 2 aromatic heterocycles. The minimum absolute atomic E-state index is 0.193. The van der Waals surface area contributed by atoms with Crippen molar-refractivity contribution < 1.29 is 19.4 Å². The van der Waals surface area contributed by atoms with Gasteiger partial charge in [0.1, 0.15) is 16.9 Å². The Kier molecular flexibility index (Phi) is 5.63. The van der Waals surface area contributed by atoms with Gasteiger partial charge in [-0.05, 0) is 18.2 Å². The Bertz CT molecular complexity index is 1200. The van der Waals surface area contributed by atoms with Crippen LogP contribution in [0.1, 0.15) is 16.7 Å². The van der Waals surface area contributed by atoms with Crippen LogP contribution in [0.15, 0.2) is 65.1 Å². The summed E-state index contributed by atoms with van der Waals surface area (Å²) in [7, 11) is 0. The summed E-state index contributed by atoms with van der Waals surface area (Å²) in [5.74, 6) is -1.24. The maximum absolute atomic E-state index is 13.9. The third kappa shape index (κ3) is 4.18. The van der Waals surface area contributed by atoms with Gasteiger partial charge in [0.2, 0.25) is 0 Å². The van der Waals surface area contributed by atoms with E-state index in [0.717, 1.165) is 4.70 Å². The molecule has 2 unspecified atom stereocenters. The Labute approximate surface area is 172 Å². The third-order valence-electron chi connectivity index (χ3n) is 4.28. The fourth-order valence-electron chi connectivity index (χ4n) is 2.76. The molecule has 0 radical (unpaired) electrons. The lowest BCUT2D eigenvalue weighted by Gasteiger charge is -2.11. The molecule has 0 saturated carbocycles. The van der Waals surface area contributed by atoms with Crippen molar-refractivity contribution in [2.24, 2.45) is 4.99 Å². The van der Waals surface area contributed by atoms with Crippen molar-refractivity contribution in [3.05, 3.63) is 81.3 Å². The molecular weight excluding hydrogens is 413 g/mol. The summed E-state index contributed by atoms with van der Waals surface area (Å²) in [4.78, 5) is 20.9. The summed E-state index contributed by atoms with van der Waals surface area (Å²) in [6, 6.07) is 13.6. The number of nitrogens with zero attached hydrogens (tertiary/aromatic N) is 3. The number of thiazole rings is 2. The van der Waals surface area contributed by atoms with Crippen molar-refractivity contribution in [3.8, 4) is 0 Å². The van der Waals surface area contributed by atoms with Crippen LogP contribution in [0.4, 0.5) is 4.39 Å². The van der Waals surface area contributed by atoms with Crippen molar-refractivity contribution in [2.45, 2.75) is 18.8 Å². The zero-order chi connectivity index (χ0) is 20.4. The molecule has 9 heteroatoms. The molecule has 4 rings (SSSR count). The number of benzene rings is 2. The maximum atomic E-state index is 13.9. The number of hydrogen-bond acceptors (Lipinski definition) is 6. The number of hydrogen-bond donors (Lipinski definition) is 2. The highest BCUT2D eigenvalue weighted by molar-refractivity contribution is 7.18. The largest absolute Gasteiger partial charge is 0.383 e. The van der Waals surface area contributed by atoms with E-state index in [2.05, 4.69) is 9.98 Å². The second kappa shape index (κ2) is 8.34. The first-order valence-electron chi connectivity index (χ1n) is 8.70. The van der Waals surface area contributed by atoms with Crippen LogP contribution in [0.3, 0.4) is 0 Å². The molecule has 0 aliphatic rings. The summed E-state index contributed by atoms with van der Waals surface area (Å²) in [6.45, 7) is 0.193. The highest BCUT2D eigenvalue weighted by Crippen LogP contribution is 2.28. The van der Waals surface area contributed by atoms with E-state index < -0.39 is 18.1 Å². The molecule has 0 fully saturated rings. The average molecular weight is 429 g/mol. The topological polar surface area (TPSA) is 87.7 Å². The highest BCUT2D eigenvalue weighted by atomic mass is 32.1. The summed E-state index contributed by atoms with van der Waals surface area (Å²) >= 11 is 2.39. The summed E-state index contributed by atoms with van der Waals surface area (Å²) < 4.78 is 16.4. The van der Waals surface area contributed by atoms with E-state index in [0.29, 0.717) is 15.9 Å².